The van der Waals surface area contributed by atoms with E-state index in [0.717, 1.165) is 5.56 Å². The molecular formula is C36H35F2N7O4. The smallest absolute Gasteiger partial charge is 0.320 e. The Balaban J connectivity index is 1.20. The fourth-order valence-electron chi connectivity index (χ4n) is 6.19. The number of anilines is 1. The van der Waals surface area contributed by atoms with Crippen molar-refractivity contribution in [1.82, 2.24) is 29.7 Å². The highest BCUT2D eigenvalue weighted by Crippen LogP contribution is 2.41. The third-order valence-electron chi connectivity index (χ3n) is 8.46. The summed E-state index contributed by atoms with van der Waals surface area (Å²) >= 11 is 0. The number of halogens is 2. The van der Waals surface area contributed by atoms with Crippen molar-refractivity contribution in [3.63, 3.8) is 0 Å². The van der Waals surface area contributed by atoms with Crippen LogP contribution in [0.5, 0.6) is 0 Å². The second-order valence-corrected chi connectivity index (χ2v) is 11.8. The largest absolute Gasteiger partial charge is 0.348 e. The normalized spacial score (nSPS) is 21.8. The maximum absolute atomic E-state index is 14.9. The lowest BCUT2D eigenvalue weighted by Crippen LogP contribution is -2.39. The lowest BCUT2D eigenvalue weighted by molar-refractivity contribution is -0.130. The summed E-state index contributed by atoms with van der Waals surface area (Å²) in [6, 6.07) is 22.5. The van der Waals surface area contributed by atoms with Gasteiger partial charge >= 0.3 is 6.03 Å². The van der Waals surface area contributed by atoms with Crippen molar-refractivity contribution in [2.75, 3.05) is 18.4 Å². The highest BCUT2D eigenvalue weighted by atomic mass is 19.1. The Morgan fingerprint density at radius 1 is 0.878 bits per heavy atom. The van der Waals surface area contributed by atoms with Crippen molar-refractivity contribution in [2.24, 2.45) is 0 Å². The van der Waals surface area contributed by atoms with Gasteiger partial charge in [0.1, 0.15) is 36.3 Å². The molecule has 2 amide bonds. The van der Waals surface area contributed by atoms with Crippen LogP contribution in [0.3, 0.4) is 0 Å². The molecule has 2 aliphatic heterocycles. The Bertz CT molecular complexity index is 1890. The summed E-state index contributed by atoms with van der Waals surface area (Å²) in [7, 11) is 0. The number of nitrogens with zero attached hydrogens (tertiary/aromatic N) is 5. The standard InChI is InChI=1S/C36H35F2N7O4/c1-2-39-36(46)43-33-30-34(41-21-40-33)45(22-42-30)35-32-31(48-29(49-32)17-16-23-10-4-3-5-11-23)28(47-35)20-44(18-24-12-6-8-14-26(24)37)19-25-13-7-9-15-27(25)38/h3-17,21-22,28-29,31-32,35H,2,18-20H2,1H3,(H2,39,40,41,43,46)/b17-16+/t28-,29+,31-,32-,35-/m1/s1. The summed E-state index contributed by atoms with van der Waals surface area (Å²) in [6.07, 6.45) is 3.56. The zero-order valence-corrected chi connectivity index (χ0v) is 26.7. The van der Waals surface area contributed by atoms with Gasteiger partial charge in [-0.05, 0) is 30.7 Å². The number of hydrogen-bond acceptors (Lipinski definition) is 8. The van der Waals surface area contributed by atoms with E-state index < -0.39 is 36.9 Å². The molecule has 3 aromatic carbocycles. The van der Waals surface area contributed by atoms with E-state index in [9.17, 15) is 13.6 Å². The van der Waals surface area contributed by atoms with E-state index in [-0.39, 0.29) is 37.1 Å². The number of carbonyl (C=O) groups is 1. The molecule has 2 fully saturated rings. The van der Waals surface area contributed by atoms with Crippen LogP contribution in [0.4, 0.5) is 19.4 Å². The number of ether oxygens (including phenoxy) is 3. The number of hydrogen-bond donors (Lipinski definition) is 2. The molecule has 2 N–H and O–H groups in total. The Morgan fingerprint density at radius 2 is 1.55 bits per heavy atom. The molecule has 49 heavy (non-hydrogen) atoms. The van der Waals surface area contributed by atoms with E-state index in [1.54, 1.807) is 47.3 Å². The van der Waals surface area contributed by atoms with Crippen LogP contribution in [0.15, 0.2) is 97.6 Å². The van der Waals surface area contributed by atoms with Crippen LogP contribution < -0.4 is 10.6 Å². The number of imidazole rings is 1. The van der Waals surface area contributed by atoms with Gasteiger partial charge in [-0.3, -0.25) is 14.8 Å². The van der Waals surface area contributed by atoms with Gasteiger partial charge in [-0.1, -0.05) is 72.8 Å². The lowest BCUT2D eigenvalue weighted by atomic mass is 10.1. The molecule has 2 aromatic heterocycles. The summed E-state index contributed by atoms with van der Waals surface area (Å²) in [4.78, 5) is 27.4. The third-order valence-corrected chi connectivity index (χ3v) is 8.46. The minimum absolute atomic E-state index is 0.206. The molecule has 252 valence electrons. The van der Waals surface area contributed by atoms with Crippen molar-refractivity contribution in [1.29, 1.82) is 0 Å². The average Bonchev–Trinajstić information content (AvgIpc) is 3.81. The molecule has 0 saturated carbocycles. The fourth-order valence-corrected chi connectivity index (χ4v) is 6.19. The number of amides is 2. The topological polar surface area (TPSA) is 116 Å². The molecule has 2 aliphatic rings. The first kappa shape index (κ1) is 32.5. The maximum atomic E-state index is 14.9. The molecule has 2 saturated heterocycles. The molecular weight excluding hydrogens is 632 g/mol. The number of rotatable bonds is 11. The molecule has 0 unspecified atom stereocenters. The quantitative estimate of drug-likeness (QED) is 0.185. The van der Waals surface area contributed by atoms with E-state index >= 15 is 0 Å². The van der Waals surface area contributed by atoms with Crippen molar-refractivity contribution in [3.8, 4) is 0 Å². The molecule has 5 atom stereocenters. The third kappa shape index (κ3) is 7.20. The highest BCUT2D eigenvalue weighted by Gasteiger charge is 2.53. The van der Waals surface area contributed by atoms with Crippen LogP contribution in [0.1, 0.15) is 29.8 Å². The highest BCUT2D eigenvalue weighted by molar-refractivity contribution is 5.95. The summed E-state index contributed by atoms with van der Waals surface area (Å²) in [5.74, 6) is -0.455. The first-order valence-corrected chi connectivity index (χ1v) is 16.1. The van der Waals surface area contributed by atoms with Crippen molar-refractivity contribution in [3.05, 3.63) is 126 Å². The predicted molar refractivity (Wildman–Crippen MR) is 178 cm³/mol. The van der Waals surface area contributed by atoms with Crippen LogP contribution in [0.2, 0.25) is 0 Å². The van der Waals surface area contributed by atoms with Crippen LogP contribution in [-0.2, 0) is 27.3 Å². The van der Waals surface area contributed by atoms with Gasteiger partial charge in [0, 0.05) is 37.3 Å². The molecule has 11 nitrogen and oxygen atoms in total. The Morgan fingerprint density at radius 3 is 2.24 bits per heavy atom. The Kier molecular flexibility index (Phi) is 9.66. The Labute approximate surface area is 281 Å². The van der Waals surface area contributed by atoms with Gasteiger partial charge in [-0.25, -0.2) is 28.5 Å². The summed E-state index contributed by atoms with van der Waals surface area (Å²) in [5, 5.41) is 5.40. The monoisotopic (exact) mass is 667 g/mol. The number of benzene rings is 3. The van der Waals surface area contributed by atoms with E-state index in [1.807, 2.05) is 54.3 Å². The molecule has 4 heterocycles. The van der Waals surface area contributed by atoms with Crippen molar-refractivity contribution in [2.45, 2.75) is 50.8 Å². The second kappa shape index (κ2) is 14.6. The summed E-state index contributed by atoms with van der Waals surface area (Å²) in [5.41, 5.74) is 2.73. The minimum atomic E-state index is -0.730. The number of urea groups is 1. The van der Waals surface area contributed by atoms with E-state index in [0.29, 0.717) is 28.8 Å². The summed E-state index contributed by atoms with van der Waals surface area (Å²) < 4.78 is 51.1. The molecule has 0 radical (unpaired) electrons. The van der Waals surface area contributed by atoms with Crippen molar-refractivity contribution < 1.29 is 27.8 Å². The molecule has 0 bridgehead atoms. The van der Waals surface area contributed by atoms with Crippen LogP contribution in [0.25, 0.3) is 17.2 Å². The predicted octanol–water partition coefficient (Wildman–Crippen LogP) is 5.67. The van der Waals surface area contributed by atoms with Gasteiger partial charge in [-0.15, -0.1) is 0 Å². The van der Waals surface area contributed by atoms with Gasteiger partial charge in [-0.2, -0.15) is 0 Å². The lowest BCUT2D eigenvalue weighted by Gasteiger charge is -2.28. The van der Waals surface area contributed by atoms with Gasteiger partial charge < -0.3 is 19.5 Å². The number of nitrogens with one attached hydrogen (secondary N) is 2. The minimum Gasteiger partial charge on any atom is -0.348 e. The summed E-state index contributed by atoms with van der Waals surface area (Å²) in [6.45, 7) is 2.93. The zero-order valence-electron chi connectivity index (χ0n) is 26.7. The van der Waals surface area contributed by atoms with Gasteiger partial charge in [0.2, 0.25) is 0 Å². The van der Waals surface area contributed by atoms with Gasteiger partial charge in [0.05, 0.1) is 6.33 Å². The first-order chi connectivity index (χ1) is 24.0. The zero-order chi connectivity index (χ0) is 33.7. The number of fused-ring (bicyclic) bond motifs is 2. The Hall–Kier alpha value is -5.08. The van der Waals surface area contributed by atoms with Gasteiger partial charge in [0.15, 0.2) is 29.5 Å². The van der Waals surface area contributed by atoms with Gasteiger partial charge in [0.25, 0.3) is 0 Å². The molecule has 7 rings (SSSR count). The first-order valence-electron chi connectivity index (χ1n) is 16.1. The van der Waals surface area contributed by atoms with E-state index in [4.69, 9.17) is 14.2 Å². The fraction of sp³-hybridized carbons (Fsp3) is 0.278. The van der Waals surface area contributed by atoms with Crippen molar-refractivity contribution >= 4 is 29.1 Å². The van der Waals surface area contributed by atoms with E-state index in [2.05, 4.69) is 25.6 Å². The van der Waals surface area contributed by atoms with Crippen LogP contribution in [0, 0.1) is 11.6 Å². The molecule has 0 spiro atoms. The van der Waals surface area contributed by atoms with Crippen LogP contribution in [-0.4, -0.2) is 68.1 Å². The number of carbonyl (C=O) groups excluding carboxylic acids is 1. The van der Waals surface area contributed by atoms with Crippen LogP contribution >= 0.6 is 0 Å². The molecule has 5 aromatic rings. The SMILES string of the molecule is CCNC(=O)Nc1ncnc2c1ncn2[C@@H]1O[C@H](CN(Cc2ccccc2F)Cc2ccccc2F)[C@H]2O[C@H](/C=C/c3ccccc3)O[C@H]21. The van der Waals surface area contributed by atoms with E-state index in [1.165, 1.54) is 18.5 Å². The number of aromatic nitrogens is 4. The molecule has 0 aliphatic carbocycles. The second-order valence-electron chi connectivity index (χ2n) is 11.8. The average molecular weight is 668 g/mol. The maximum Gasteiger partial charge on any atom is 0.320 e. The molecule has 13 heteroatoms.